The number of aromatic nitrogens is 1. The monoisotopic (exact) mass is 233 g/mol. The Hall–Kier alpha value is -1.25. The van der Waals surface area contributed by atoms with E-state index in [0.29, 0.717) is 5.82 Å². The Kier molecular flexibility index (Phi) is 3.87. The summed E-state index contributed by atoms with van der Waals surface area (Å²) >= 11 is 0. The first-order valence-corrected chi connectivity index (χ1v) is 6.64. The van der Waals surface area contributed by atoms with Crippen LogP contribution in [0.15, 0.2) is 18.2 Å². The van der Waals surface area contributed by atoms with Gasteiger partial charge in [0.2, 0.25) is 0 Å². The summed E-state index contributed by atoms with van der Waals surface area (Å²) in [6.45, 7) is 6.89. The van der Waals surface area contributed by atoms with Gasteiger partial charge in [-0.15, -0.1) is 0 Å². The van der Waals surface area contributed by atoms with Gasteiger partial charge in [0, 0.05) is 13.1 Å². The number of nitrogens with two attached hydrogens (primary N) is 1. The fourth-order valence-corrected chi connectivity index (χ4v) is 2.63. The molecule has 17 heavy (non-hydrogen) atoms. The van der Waals surface area contributed by atoms with Gasteiger partial charge in [0.05, 0.1) is 0 Å². The number of hydrogen-bond acceptors (Lipinski definition) is 3. The van der Waals surface area contributed by atoms with E-state index in [1.807, 2.05) is 12.1 Å². The first-order valence-electron chi connectivity index (χ1n) is 6.64. The molecule has 1 aliphatic rings. The molecule has 1 saturated heterocycles. The minimum Gasteiger partial charge on any atom is -0.384 e. The molecule has 2 heterocycles. The summed E-state index contributed by atoms with van der Waals surface area (Å²) in [5.41, 5.74) is 5.74. The average Bonchev–Trinajstić information content (AvgIpc) is 2.54. The summed E-state index contributed by atoms with van der Waals surface area (Å²) in [4.78, 5) is 6.79. The smallest absolute Gasteiger partial charge is 0.130 e. The number of hydrogen-bond donors (Lipinski definition) is 1. The Morgan fingerprint density at radius 1 is 1.29 bits per heavy atom. The van der Waals surface area contributed by atoms with E-state index in [1.54, 1.807) is 0 Å². The highest BCUT2D eigenvalue weighted by molar-refractivity contribution is 5.44. The molecule has 3 nitrogen and oxygen atoms in total. The van der Waals surface area contributed by atoms with E-state index in [2.05, 4.69) is 29.8 Å². The zero-order valence-electron chi connectivity index (χ0n) is 10.9. The third kappa shape index (κ3) is 3.11. The molecule has 3 heteroatoms. The molecular weight excluding hydrogens is 210 g/mol. The zero-order chi connectivity index (χ0) is 12.3. The molecule has 2 rings (SSSR count). The summed E-state index contributed by atoms with van der Waals surface area (Å²) < 4.78 is 0. The van der Waals surface area contributed by atoms with Crippen molar-refractivity contribution in [3.63, 3.8) is 0 Å². The number of nitrogen functional groups attached to an aromatic ring is 1. The van der Waals surface area contributed by atoms with E-state index in [1.165, 1.54) is 19.3 Å². The van der Waals surface area contributed by atoms with E-state index in [0.717, 1.165) is 30.7 Å². The van der Waals surface area contributed by atoms with Crippen LogP contribution in [0, 0.1) is 11.8 Å². The molecule has 0 radical (unpaired) electrons. The standard InChI is InChI=1S/C14H23N3/c1-11(2)12-5-4-9-17(10-8-12)14-7-3-6-13(15)16-14/h3,6-7,11-12H,4-5,8-10H2,1-2H3,(H2,15,16). The minimum atomic E-state index is 0.618. The molecule has 0 aliphatic carbocycles. The van der Waals surface area contributed by atoms with Crippen molar-refractivity contribution < 1.29 is 0 Å². The fourth-order valence-electron chi connectivity index (χ4n) is 2.63. The minimum absolute atomic E-state index is 0.618. The Balaban J connectivity index is 2.04. The van der Waals surface area contributed by atoms with E-state index in [4.69, 9.17) is 5.73 Å². The summed E-state index contributed by atoms with van der Waals surface area (Å²) in [5, 5.41) is 0. The van der Waals surface area contributed by atoms with Crippen LogP contribution in [0.2, 0.25) is 0 Å². The van der Waals surface area contributed by atoms with Gasteiger partial charge in [0.1, 0.15) is 11.6 Å². The van der Waals surface area contributed by atoms with Crippen molar-refractivity contribution in [3.05, 3.63) is 18.2 Å². The highest BCUT2D eigenvalue weighted by Gasteiger charge is 2.20. The van der Waals surface area contributed by atoms with Gasteiger partial charge in [-0.3, -0.25) is 0 Å². The van der Waals surface area contributed by atoms with Crippen molar-refractivity contribution in [2.45, 2.75) is 33.1 Å². The number of rotatable bonds is 2. The maximum Gasteiger partial charge on any atom is 0.130 e. The van der Waals surface area contributed by atoms with Crippen molar-refractivity contribution in [1.29, 1.82) is 0 Å². The second-order valence-corrected chi connectivity index (χ2v) is 5.34. The predicted octanol–water partition coefficient (Wildman–Crippen LogP) is 2.93. The normalized spacial score (nSPS) is 21.6. The number of pyridine rings is 1. The summed E-state index contributed by atoms with van der Waals surface area (Å²) in [5.74, 6) is 3.31. The van der Waals surface area contributed by atoms with Gasteiger partial charge in [-0.2, -0.15) is 0 Å². The van der Waals surface area contributed by atoms with Gasteiger partial charge in [0.25, 0.3) is 0 Å². The van der Waals surface area contributed by atoms with Crippen LogP contribution in [0.25, 0.3) is 0 Å². The molecule has 1 fully saturated rings. The van der Waals surface area contributed by atoms with Crippen LogP contribution in [0.3, 0.4) is 0 Å². The molecule has 0 bridgehead atoms. The van der Waals surface area contributed by atoms with Gasteiger partial charge in [-0.1, -0.05) is 19.9 Å². The van der Waals surface area contributed by atoms with Crippen LogP contribution in [-0.2, 0) is 0 Å². The average molecular weight is 233 g/mol. The van der Waals surface area contributed by atoms with Crippen LogP contribution in [0.5, 0.6) is 0 Å². The number of nitrogens with zero attached hydrogens (tertiary/aromatic N) is 2. The van der Waals surface area contributed by atoms with Crippen molar-refractivity contribution in [2.75, 3.05) is 23.7 Å². The molecule has 1 unspecified atom stereocenters. The van der Waals surface area contributed by atoms with Crippen LogP contribution < -0.4 is 10.6 Å². The van der Waals surface area contributed by atoms with Crippen molar-refractivity contribution in [3.8, 4) is 0 Å². The first kappa shape index (κ1) is 12.2. The molecule has 1 aromatic heterocycles. The highest BCUT2D eigenvalue weighted by atomic mass is 15.2. The van der Waals surface area contributed by atoms with E-state index >= 15 is 0 Å². The Bertz CT molecular complexity index is 362. The lowest BCUT2D eigenvalue weighted by Gasteiger charge is -2.22. The van der Waals surface area contributed by atoms with Crippen molar-refractivity contribution >= 4 is 11.6 Å². The molecule has 94 valence electrons. The number of anilines is 2. The maximum atomic E-state index is 5.74. The largest absolute Gasteiger partial charge is 0.384 e. The zero-order valence-corrected chi connectivity index (χ0v) is 10.9. The summed E-state index contributed by atoms with van der Waals surface area (Å²) in [6, 6.07) is 5.90. The van der Waals surface area contributed by atoms with E-state index in [-0.39, 0.29) is 0 Å². The van der Waals surface area contributed by atoms with Gasteiger partial charge in [-0.05, 0) is 43.2 Å². The summed E-state index contributed by atoms with van der Waals surface area (Å²) in [6.07, 6.45) is 3.88. The highest BCUT2D eigenvalue weighted by Crippen LogP contribution is 2.26. The second-order valence-electron chi connectivity index (χ2n) is 5.34. The van der Waals surface area contributed by atoms with Crippen LogP contribution >= 0.6 is 0 Å². The molecule has 2 N–H and O–H groups in total. The van der Waals surface area contributed by atoms with Crippen LogP contribution in [0.4, 0.5) is 11.6 Å². The fraction of sp³-hybridized carbons (Fsp3) is 0.643. The Morgan fingerprint density at radius 2 is 2.12 bits per heavy atom. The van der Waals surface area contributed by atoms with Gasteiger partial charge >= 0.3 is 0 Å². The van der Waals surface area contributed by atoms with E-state index in [9.17, 15) is 0 Å². The predicted molar refractivity (Wildman–Crippen MR) is 73.0 cm³/mol. The van der Waals surface area contributed by atoms with Gasteiger partial charge < -0.3 is 10.6 Å². The lowest BCUT2D eigenvalue weighted by atomic mass is 9.89. The van der Waals surface area contributed by atoms with Crippen molar-refractivity contribution in [2.24, 2.45) is 11.8 Å². The molecular formula is C14H23N3. The van der Waals surface area contributed by atoms with Gasteiger partial charge in [0.15, 0.2) is 0 Å². The molecule has 1 aliphatic heterocycles. The molecule has 1 atom stereocenters. The maximum absolute atomic E-state index is 5.74. The van der Waals surface area contributed by atoms with Crippen LogP contribution in [-0.4, -0.2) is 18.1 Å². The van der Waals surface area contributed by atoms with Gasteiger partial charge in [-0.25, -0.2) is 4.98 Å². The topological polar surface area (TPSA) is 42.1 Å². The molecule has 0 aromatic carbocycles. The van der Waals surface area contributed by atoms with E-state index < -0.39 is 0 Å². The first-order chi connectivity index (χ1) is 8.16. The lowest BCUT2D eigenvalue weighted by Crippen LogP contribution is -2.25. The third-order valence-corrected chi connectivity index (χ3v) is 3.80. The Morgan fingerprint density at radius 3 is 2.82 bits per heavy atom. The molecule has 0 amide bonds. The second kappa shape index (κ2) is 5.39. The molecule has 1 aromatic rings. The third-order valence-electron chi connectivity index (χ3n) is 3.80. The lowest BCUT2D eigenvalue weighted by molar-refractivity contribution is 0.351. The molecule has 0 spiro atoms. The Labute approximate surface area is 104 Å². The SMILES string of the molecule is CC(C)C1CCCN(c2cccc(N)n2)CC1. The van der Waals surface area contributed by atoms with Crippen molar-refractivity contribution in [1.82, 2.24) is 4.98 Å². The quantitative estimate of drug-likeness (QED) is 0.854. The molecule has 0 saturated carbocycles. The summed E-state index contributed by atoms with van der Waals surface area (Å²) in [7, 11) is 0. The van der Waals surface area contributed by atoms with Crippen LogP contribution in [0.1, 0.15) is 33.1 Å².